The lowest BCUT2D eigenvalue weighted by Crippen LogP contribution is -2.42. The molecule has 2 aromatic rings. The molecule has 1 amide bonds. The molecule has 0 radical (unpaired) electrons. The van der Waals surface area contributed by atoms with Gasteiger partial charge in [0.25, 0.3) is 0 Å². The van der Waals surface area contributed by atoms with Gasteiger partial charge in [-0.05, 0) is 50.6 Å². The van der Waals surface area contributed by atoms with Crippen molar-refractivity contribution in [3.05, 3.63) is 48.0 Å². The molecule has 0 aliphatic carbocycles. The standard InChI is InChI=1S/C21H26N2O5S/c1-5-23-18-10-9-16(12-19(18)28-14-21(2,3)20(23)24)22-29(25,26)13-15-7-6-8-17(11-15)27-4/h6-12,22H,5,13-14H2,1-4H3. The quantitative estimate of drug-likeness (QED) is 0.777. The maximum atomic E-state index is 12.8. The molecule has 0 aromatic heterocycles. The molecule has 0 fully saturated rings. The third-order valence-corrected chi connectivity index (χ3v) is 6.00. The molecule has 29 heavy (non-hydrogen) atoms. The largest absolute Gasteiger partial charge is 0.497 e. The van der Waals surface area contributed by atoms with Gasteiger partial charge in [0.05, 0.1) is 29.7 Å². The van der Waals surface area contributed by atoms with Gasteiger partial charge in [0.15, 0.2) is 0 Å². The molecule has 1 aliphatic heterocycles. The Morgan fingerprint density at radius 3 is 2.66 bits per heavy atom. The summed E-state index contributed by atoms with van der Waals surface area (Å²) >= 11 is 0. The number of methoxy groups -OCH3 is 1. The van der Waals surface area contributed by atoms with E-state index in [9.17, 15) is 13.2 Å². The van der Waals surface area contributed by atoms with Gasteiger partial charge in [-0.25, -0.2) is 8.42 Å². The molecule has 7 nitrogen and oxygen atoms in total. The average Bonchev–Trinajstić information content (AvgIpc) is 2.76. The van der Waals surface area contributed by atoms with Crippen LogP contribution in [0.5, 0.6) is 11.5 Å². The number of amides is 1. The Balaban J connectivity index is 1.84. The predicted octanol–water partition coefficient (Wildman–Crippen LogP) is 3.41. The van der Waals surface area contributed by atoms with Gasteiger partial charge in [0.1, 0.15) is 18.1 Å². The lowest BCUT2D eigenvalue weighted by Gasteiger charge is -2.26. The van der Waals surface area contributed by atoms with Crippen LogP contribution in [0.3, 0.4) is 0 Å². The van der Waals surface area contributed by atoms with Crippen LogP contribution in [0.15, 0.2) is 42.5 Å². The molecule has 0 saturated carbocycles. The number of sulfonamides is 1. The number of carbonyl (C=O) groups is 1. The van der Waals surface area contributed by atoms with Crippen molar-refractivity contribution in [1.29, 1.82) is 0 Å². The Morgan fingerprint density at radius 2 is 1.97 bits per heavy atom. The third-order valence-electron chi connectivity index (χ3n) is 4.74. The van der Waals surface area contributed by atoms with Crippen molar-refractivity contribution < 1.29 is 22.7 Å². The summed E-state index contributed by atoms with van der Waals surface area (Å²) in [4.78, 5) is 14.4. The highest BCUT2D eigenvalue weighted by Crippen LogP contribution is 2.38. The number of hydrogen-bond donors (Lipinski definition) is 1. The summed E-state index contributed by atoms with van der Waals surface area (Å²) < 4.78 is 38.8. The van der Waals surface area contributed by atoms with Crippen LogP contribution in [-0.4, -0.2) is 34.6 Å². The van der Waals surface area contributed by atoms with E-state index in [1.165, 1.54) is 7.11 Å². The summed E-state index contributed by atoms with van der Waals surface area (Å²) in [6, 6.07) is 11.9. The van der Waals surface area contributed by atoms with Gasteiger partial charge in [-0.3, -0.25) is 9.52 Å². The number of fused-ring (bicyclic) bond motifs is 1. The van der Waals surface area contributed by atoms with E-state index in [1.54, 1.807) is 47.4 Å². The van der Waals surface area contributed by atoms with Gasteiger partial charge in [0, 0.05) is 12.6 Å². The molecule has 0 atom stereocenters. The second kappa shape index (κ2) is 7.94. The molecular formula is C21H26N2O5S. The van der Waals surface area contributed by atoms with E-state index in [2.05, 4.69) is 4.72 Å². The molecule has 0 spiro atoms. The Bertz CT molecular complexity index is 1020. The van der Waals surface area contributed by atoms with Gasteiger partial charge >= 0.3 is 0 Å². The summed E-state index contributed by atoms with van der Waals surface area (Å²) in [5.41, 5.74) is 0.974. The molecule has 0 bridgehead atoms. The van der Waals surface area contributed by atoms with Crippen LogP contribution in [0.25, 0.3) is 0 Å². The minimum Gasteiger partial charge on any atom is -0.497 e. The predicted molar refractivity (Wildman–Crippen MR) is 113 cm³/mol. The summed E-state index contributed by atoms with van der Waals surface area (Å²) in [5, 5.41) is 0. The first-order valence-electron chi connectivity index (χ1n) is 9.37. The summed E-state index contributed by atoms with van der Waals surface area (Å²) in [6.07, 6.45) is 0. The highest BCUT2D eigenvalue weighted by molar-refractivity contribution is 7.91. The maximum Gasteiger partial charge on any atom is 0.236 e. The lowest BCUT2D eigenvalue weighted by molar-refractivity contribution is -0.127. The molecule has 1 heterocycles. The van der Waals surface area contributed by atoms with E-state index in [0.717, 1.165) is 0 Å². The first kappa shape index (κ1) is 21.0. The molecule has 1 aliphatic rings. The topological polar surface area (TPSA) is 84.9 Å². The number of ether oxygens (including phenoxy) is 2. The van der Waals surface area contributed by atoms with E-state index in [-0.39, 0.29) is 18.3 Å². The Morgan fingerprint density at radius 1 is 1.21 bits per heavy atom. The Hall–Kier alpha value is -2.74. The zero-order chi connectivity index (χ0) is 21.2. The average molecular weight is 419 g/mol. The second-order valence-electron chi connectivity index (χ2n) is 7.62. The van der Waals surface area contributed by atoms with Crippen LogP contribution in [0.4, 0.5) is 11.4 Å². The number of hydrogen-bond acceptors (Lipinski definition) is 5. The highest BCUT2D eigenvalue weighted by Gasteiger charge is 2.37. The van der Waals surface area contributed by atoms with E-state index in [4.69, 9.17) is 9.47 Å². The SMILES string of the molecule is CCN1C(=O)C(C)(C)COc2cc(NS(=O)(=O)Cc3cccc(OC)c3)ccc21. The molecule has 3 rings (SSSR count). The smallest absolute Gasteiger partial charge is 0.236 e. The normalized spacial score (nSPS) is 15.9. The fourth-order valence-corrected chi connectivity index (χ4v) is 4.40. The summed E-state index contributed by atoms with van der Waals surface area (Å²) in [6.45, 7) is 6.28. The molecule has 2 aromatic carbocycles. The number of benzene rings is 2. The van der Waals surface area contributed by atoms with E-state index in [1.807, 2.05) is 20.8 Å². The number of carbonyl (C=O) groups excluding carboxylic acids is 1. The molecule has 8 heteroatoms. The number of anilines is 2. The van der Waals surface area contributed by atoms with Crippen molar-refractivity contribution in [2.24, 2.45) is 5.41 Å². The molecular weight excluding hydrogens is 392 g/mol. The number of nitrogens with zero attached hydrogens (tertiary/aromatic N) is 1. The Kier molecular flexibility index (Phi) is 5.75. The van der Waals surface area contributed by atoms with Crippen LogP contribution < -0.4 is 19.1 Å². The second-order valence-corrected chi connectivity index (χ2v) is 9.34. The van der Waals surface area contributed by atoms with Gasteiger partial charge in [-0.1, -0.05) is 12.1 Å². The van der Waals surface area contributed by atoms with E-state index >= 15 is 0 Å². The van der Waals surface area contributed by atoms with Crippen molar-refractivity contribution in [1.82, 2.24) is 0 Å². The molecule has 0 saturated heterocycles. The van der Waals surface area contributed by atoms with Crippen LogP contribution in [0.1, 0.15) is 26.3 Å². The zero-order valence-corrected chi connectivity index (χ0v) is 17.9. The van der Waals surface area contributed by atoms with Crippen LogP contribution in [0.2, 0.25) is 0 Å². The zero-order valence-electron chi connectivity index (χ0n) is 17.1. The molecule has 156 valence electrons. The van der Waals surface area contributed by atoms with Crippen LogP contribution in [0, 0.1) is 5.41 Å². The van der Waals surface area contributed by atoms with Crippen molar-refractivity contribution in [2.45, 2.75) is 26.5 Å². The van der Waals surface area contributed by atoms with Gasteiger partial charge in [-0.2, -0.15) is 0 Å². The van der Waals surface area contributed by atoms with Crippen LogP contribution >= 0.6 is 0 Å². The van der Waals surface area contributed by atoms with Crippen LogP contribution in [-0.2, 0) is 20.6 Å². The number of rotatable bonds is 6. The maximum absolute atomic E-state index is 12.8. The van der Waals surface area contributed by atoms with E-state index < -0.39 is 15.4 Å². The molecule has 0 unspecified atom stereocenters. The van der Waals surface area contributed by atoms with Crippen molar-refractivity contribution >= 4 is 27.3 Å². The lowest BCUT2D eigenvalue weighted by atomic mass is 9.93. The Labute approximate surface area is 171 Å². The van der Waals surface area contributed by atoms with Crippen molar-refractivity contribution in [3.8, 4) is 11.5 Å². The van der Waals surface area contributed by atoms with Crippen molar-refractivity contribution in [2.75, 3.05) is 29.9 Å². The molecule has 1 N–H and O–H groups in total. The van der Waals surface area contributed by atoms with Gasteiger partial charge in [0.2, 0.25) is 15.9 Å². The highest BCUT2D eigenvalue weighted by atomic mass is 32.2. The minimum atomic E-state index is -3.64. The van der Waals surface area contributed by atoms with Gasteiger partial charge in [-0.15, -0.1) is 0 Å². The first-order valence-corrected chi connectivity index (χ1v) is 11.0. The first-order chi connectivity index (χ1) is 13.6. The fraction of sp³-hybridized carbons (Fsp3) is 0.381. The van der Waals surface area contributed by atoms with E-state index in [0.29, 0.717) is 35.0 Å². The minimum absolute atomic E-state index is 0.0231. The van der Waals surface area contributed by atoms with Crippen molar-refractivity contribution in [3.63, 3.8) is 0 Å². The van der Waals surface area contributed by atoms with Gasteiger partial charge < -0.3 is 14.4 Å². The monoisotopic (exact) mass is 418 g/mol. The third kappa shape index (κ3) is 4.64. The number of nitrogens with one attached hydrogen (secondary N) is 1. The summed E-state index contributed by atoms with van der Waals surface area (Å²) in [5.74, 6) is 0.870. The summed E-state index contributed by atoms with van der Waals surface area (Å²) in [7, 11) is -2.11. The fourth-order valence-electron chi connectivity index (χ4n) is 3.22.